The van der Waals surface area contributed by atoms with Gasteiger partial charge in [0.05, 0.1) is 6.07 Å². The molecule has 0 aromatic carbocycles. The summed E-state index contributed by atoms with van der Waals surface area (Å²) in [7, 11) is -1.54. The predicted molar refractivity (Wildman–Crippen MR) is 98.3 cm³/mol. The van der Waals surface area contributed by atoms with Crippen molar-refractivity contribution in [3.05, 3.63) is 0 Å². The first kappa shape index (κ1) is 19.7. The van der Waals surface area contributed by atoms with Crippen LogP contribution in [0.1, 0.15) is 67.2 Å². The summed E-state index contributed by atoms with van der Waals surface area (Å²) in [6, 6.07) is 2.30. The lowest BCUT2D eigenvalue weighted by Crippen LogP contribution is -2.61. The molecule has 0 bridgehead atoms. The summed E-state index contributed by atoms with van der Waals surface area (Å²) in [5.74, 6) is 0. The third-order valence-electron chi connectivity index (χ3n) is 6.35. The molecule has 0 radical (unpaired) electrons. The fourth-order valence-corrected chi connectivity index (χ4v) is 12.4. The summed E-state index contributed by atoms with van der Waals surface area (Å²) in [4.78, 5) is 2.50. The molecule has 22 heavy (non-hydrogen) atoms. The number of nitriles is 1. The minimum atomic E-state index is -1.54. The second kappa shape index (κ2) is 9.05. The molecule has 1 aliphatic heterocycles. The van der Waals surface area contributed by atoms with E-state index in [2.05, 4.69) is 57.1 Å². The van der Waals surface area contributed by atoms with E-state index in [1.807, 2.05) is 0 Å². The largest absolute Gasteiger partial charge is 0.309 e. The van der Waals surface area contributed by atoms with Crippen molar-refractivity contribution in [1.29, 1.82) is 5.26 Å². The summed E-state index contributed by atoms with van der Waals surface area (Å²) in [5.41, 5.74) is 2.52. The Hall–Kier alpha value is -0.373. The zero-order valence-corrected chi connectivity index (χ0v) is 16.7. The molecule has 0 saturated carbocycles. The summed E-state index contributed by atoms with van der Waals surface area (Å²) in [6.45, 7) is 19.1. The van der Waals surface area contributed by atoms with Gasteiger partial charge in [0.15, 0.2) is 0 Å². The molecule has 0 aliphatic carbocycles. The van der Waals surface area contributed by atoms with Crippen molar-refractivity contribution in [3.8, 4) is 6.07 Å². The fourth-order valence-electron chi connectivity index (χ4n) is 4.72. The highest BCUT2D eigenvalue weighted by Crippen LogP contribution is 2.49. The second-order valence-electron chi connectivity index (χ2n) is 7.25. The van der Waals surface area contributed by atoms with Crippen molar-refractivity contribution in [2.24, 2.45) is 0 Å². The maximum atomic E-state index is 8.85. The Balaban J connectivity index is 3.06. The molecule has 0 N–H and O–H groups in total. The van der Waals surface area contributed by atoms with Crippen LogP contribution in [-0.4, -0.2) is 44.0 Å². The van der Waals surface area contributed by atoms with Gasteiger partial charge in [-0.25, -0.2) is 0 Å². The molecule has 0 aromatic rings. The van der Waals surface area contributed by atoms with Gasteiger partial charge in [0, 0.05) is 32.7 Å². The Bertz CT molecular complexity index is 339. The molecule has 1 aliphatic rings. The fraction of sp³-hybridized carbons (Fsp3) is 0.944. The zero-order valence-electron chi connectivity index (χ0n) is 15.7. The highest BCUT2D eigenvalue weighted by molar-refractivity contribution is 6.81. The minimum Gasteiger partial charge on any atom is -0.309 e. The molecule has 3 unspecified atom stereocenters. The Morgan fingerprint density at radius 2 is 1.45 bits per heavy atom. The first-order chi connectivity index (χ1) is 10.5. The van der Waals surface area contributed by atoms with Crippen molar-refractivity contribution in [2.75, 3.05) is 26.3 Å². The van der Waals surface area contributed by atoms with Crippen LogP contribution < -0.4 is 0 Å². The van der Waals surface area contributed by atoms with Crippen molar-refractivity contribution in [3.63, 3.8) is 0 Å². The van der Waals surface area contributed by atoms with Gasteiger partial charge in [0.1, 0.15) is 8.24 Å². The number of hydrogen-bond donors (Lipinski definition) is 0. The van der Waals surface area contributed by atoms with Gasteiger partial charge >= 0.3 is 0 Å². The van der Waals surface area contributed by atoms with E-state index in [9.17, 15) is 0 Å². The summed E-state index contributed by atoms with van der Waals surface area (Å²) < 4.78 is 2.90. The molecule has 1 fully saturated rings. The number of nitrogens with zero attached hydrogens (tertiary/aromatic N) is 3. The lowest BCUT2D eigenvalue weighted by molar-refractivity contribution is 0.299. The molecule has 0 aromatic heterocycles. The molecule has 1 saturated heterocycles. The predicted octanol–water partition coefficient (Wildman–Crippen LogP) is 4.82. The maximum absolute atomic E-state index is 8.85. The topological polar surface area (TPSA) is 30.3 Å². The molecule has 0 amide bonds. The quantitative estimate of drug-likeness (QED) is 0.570. The van der Waals surface area contributed by atoms with Crippen LogP contribution in [0, 0.1) is 11.3 Å². The van der Waals surface area contributed by atoms with Gasteiger partial charge in [0.25, 0.3) is 0 Å². The molecule has 3 nitrogen and oxygen atoms in total. The zero-order chi connectivity index (χ0) is 16.8. The van der Waals surface area contributed by atoms with E-state index in [1.54, 1.807) is 0 Å². The van der Waals surface area contributed by atoms with Crippen LogP contribution >= 0.6 is 0 Å². The van der Waals surface area contributed by atoms with Gasteiger partial charge in [-0.3, -0.25) is 4.90 Å². The minimum absolute atomic E-state index is 0.665. The molecular formula is C18H37N3Si. The first-order valence-corrected chi connectivity index (χ1v) is 11.5. The maximum Gasteiger partial charge on any atom is 0.138 e. The summed E-state index contributed by atoms with van der Waals surface area (Å²) in [5, 5.41) is 8.85. The van der Waals surface area contributed by atoms with Crippen LogP contribution in [0.2, 0.25) is 16.6 Å². The van der Waals surface area contributed by atoms with Gasteiger partial charge in [-0.1, -0.05) is 60.8 Å². The van der Waals surface area contributed by atoms with Gasteiger partial charge in [0.2, 0.25) is 0 Å². The Morgan fingerprint density at radius 1 is 0.955 bits per heavy atom. The van der Waals surface area contributed by atoms with Crippen LogP contribution in [0.15, 0.2) is 0 Å². The molecule has 128 valence electrons. The summed E-state index contributed by atoms with van der Waals surface area (Å²) in [6.07, 6.45) is 4.57. The number of hydrogen-bond acceptors (Lipinski definition) is 3. The third kappa shape index (κ3) is 3.75. The Morgan fingerprint density at radius 3 is 1.86 bits per heavy atom. The smallest absolute Gasteiger partial charge is 0.138 e. The van der Waals surface area contributed by atoms with Gasteiger partial charge < -0.3 is 4.57 Å². The highest BCUT2D eigenvalue weighted by Gasteiger charge is 2.52. The highest BCUT2D eigenvalue weighted by atomic mass is 28.3. The van der Waals surface area contributed by atoms with Crippen LogP contribution in [-0.2, 0) is 0 Å². The van der Waals surface area contributed by atoms with Crippen molar-refractivity contribution >= 4 is 8.24 Å². The van der Waals surface area contributed by atoms with Gasteiger partial charge in [-0.2, -0.15) is 5.26 Å². The van der Waals surface area contributed by atoms with E-state index >= 15 is 0 Å². The van der Waals surface area contributed by atoms with Gasteiger partial charge in [-0.15, -0.1) is 0 Å². The average molecular weight is 324 g/mol. The van der Waals surface area contributed by atoms with E-state index in [0.29, 0.717) is 6.42 Å². The average Bonchev–Trinajstić information content (AvgIpc) is 3.01. The van der Waals surface area contributed by atoms with Crippen LogP contribution in [0.4, 0.5) is 0 Å². The van der Waals surface area contributed by atoms with E-state index in [4.69, 9.17) is 5.26 Å². The Labute approximate surface area is 139 Å². The lowest BCUT2D eigenvalue weighted by Gasteiger charge is -2.52. The summed E-state index contributed by atoms with van der Waals surface area (Å²) >= 11 is 0. The van der Waals surface area contributed by atoms with E-state index < -0.39 is 8.24 Å². The van der Waals surface area contributed by atoms with Crippen LogP contribution in [0.5, 0.6) is 0 Å². The first-order valence-electron chi connectivity index (χ1n) is 9.33. The monoisotopic (exact) mass is 323 g/mol. The van der Waals surface area contributed by atoms with Crippen LogP contribution in [0.3, 0.4) is 0 Å². The van der Waals surface area contributed by atoms with E-state index in [1.165, 1.54) is 25.8 Å². The molecular weight excluding hydrogens is 286 g/mol. The van der Waals surface area contributed by atoms with Crippen molar-refractivity contribution < 1.29 is 0 Å². The number of rotatable bonds is 9. The molecule has 1 rings (SSSR count). The molecule has 4 heteroatoms. The second-order valence-corrected chi connectivity index (χ2v) is 12.6. The third-order valence-corrected chi connectivity index (χ3v) is 13.8. The molecule has 1 heterocycles. The van der Waals surface area contributed by atoms with E-state index in [0.717, 1.165) is 36.4 Å². The SMILES string of the molecule is CCC(C)[Si](C(C)CC)(C(C)CC)N1CCN(CCC#N)C1. The van der Waals surface area contributed by atoms with Crippen molar-refractivity contribution in [1.82, 2.24) is 9.47 Å². The lowest BCUT2D eigenvalue weighted by atomic mass is 10.3. The Kier molecular flexibility index (Phi) is 8.09. The normalized spacial score (nSPS) is 23.7. The van der Waals surface area contributed by atoms with Gasteiger partial charge in [-0.05, 0) is 16.6 Å². The van der Waals surface area contributed by atoms with Crippen LogP contribution in [0.25, 0.3) is 0 Å². The van der Waals surface area contributed by atoms with E-state index in [-0.39, 0.29) is 0 Å². The molecule has 0 spiro atoms. The standard InChI is InChI=1S/C18H37N3Si/c1-7-16(4)22(17(5)8-2,18(6)9-3)21-14-13-20(15-21)12-10-11-19/h16-18H,7-10,12-15H2,1-6H3. The van der Waals surface area contributed by atoms with Crippen molar-refractivity contribution in [2.45, 2.75) is 83.8 Å². The molecule has 3 atom stereocenters.